The Balaban J connectivity index is 1.94. The van der Waals surface area contributed by atoms with Crippen molar-refractivity contribution in [2.24, 2.45) is 0 Å². The number of H-pyrrole nitrogens is 1. The van der Waals surface area contributed by atoms with E-state index >= 15 is 0 Å². The number of rotatable bonds is 4. The van der Waals surface area contributed by atoms with Gasteiger partial charge in [-0.2, -0.15) is 10.4 Å². The largest absolute Gasteiger partial charge is 0.450 e. The first kappa shape index (κ1) is 19.4. The van der Waals surface area contributed by atoms with E-state index in [0.29, 0.717) is 27.5 Å². The first-order chi connectivity index (χ1) is 14.6. The lowest BCUT2D eigenvalue weighted by Gasteiger charge is -2.13. The fraction of sp³-hybridized carbons (Fsp3) is 0.0952. The molecule has 2 N–H and O–H groups in total. The molecule has 0 aliphatic rings. The predicted molar refractivity (Wildman–Crippen MR) is 113 cm³/mol. The number of amides is 1. The normalized spacial score (nSPS) is 10.6. The lowest BCUT2D eigenvalue weighted by atomic mass is 10.0. The average Bonchev–Trinajstić information content (AvgIpc) is 3.23. The molecule has 148 valence electrons. The molecule has 0 aliphatic heterocycles. The maximum Gasteiger partial charge on any atom is 0.412 e. The number of aromatic amines is 1. The van der Waals surface area contributed by atoms with Crippen LogP contribution in [-0.4, -0.2) is 32.9 Å². The highest BCUT2D eigenvalue weighted by molar-refractivity contribution is 6.35. The molecule has 30 heavy (non-hydrogen) atoms. The van der Waals surface area contributed by atoms with E-state index in [9.17, 15) is 10.1 Å². The molecule has 8 nitrogen and oxygen atoms in total. The molecule has 0 spiro atoms. The van der Waals surface area contributed by atoms with Crippen molar-refractivity contribution < 1.29 is 9.53 Å². The highest BCUT2D eigenvalue weighted by Crippen LogP contribution is 2.35. The molecule has 0 aliphatic carbocycles. The number of nitrogens with zero attached hydrogens (tertiary/aromatic N) is 4. The van der Waals surface area contributed by atoms with Gasteiger partial charge in [0.1, 0.15) is 6.07 Å². The van der Waals surface area contributed by atoms with Gasteiger partial charge in [0.25, 0.3) is 0 Å². The highest BCUT2D eigenvalue weighted by atomic mass is 35.5. The van der Waals surface area contributed by atoms with E-state index in [1.54, 1.807) is 19.2 Å². The van der Waals surface area contributed by atoms with Gasteiger partial charge in [-0.1, -0.05) is 41.9 Å². The van der Waals surface area contributed by atoms with Crippen molar-refractivity contribution in [2.75, 3.05) is 11.9 Å². The monoisotopic (exact) mass is 418 g/mol. The zero-order chi connectivity index (χ0) is 21.1. The molecule has 0 bridgehead atoms. The van der Waals surface area contributed by atoms with E-state index in [1.807, 2.05) is 42.5 Å². The van der Waals surface area contributed by atoms with Crippen molar-refractivity contribution in [3.05, 3.63) is 59.4 Å². The molecule has 4 rings (SSSR count). The summed E-state index contributed by atoms with van der Waals surface area (Å²) in [5, 5.41) is 20.2. The highest BCUT2D eigenvalue weighted by Gasteiger charge is 2.19. The summed E-state index contributed by atoms with van der Waals surface area (Å²) < 4.78 is 4.91. The van der Waals surface area contributed by atoms with Gasteiger partial charge in [0.05, 0.1) is 34.7 Å². The Morgan fingerprint density at radius 1 is 1.20 bits per heavy atom. The second kappa shape index (κ2) is 8.19. The SMILES string of the molecule is CCOC(=O)Nc1nc(-c2ccccc2)c(-c2cc(Cl)c3[nH]ncc3c2)nc1C#N. The first-order valence-electron chi connectivity index (χ1n) is 9.05. The summed E-state index contributed by atoms with van der Waals surface area (Å²) in [6.45, 7) is 1.87. The van der Waals surface area contributed by atoms with Crippen molar-refractivity contribution in [1.29, 1.82) is 5.26 Å². The Labute approximate surface area is 176 Å². The molecular weight excluding hydrogens is 404 g/mol. The van der Waals surface area contributed by atoms with Gasteiger partial charge in [0, 0.05) is 16.5 Å². The van der Waals surface area contributed by atoms with Crippen LogP contribution in [0.2, 0.25) is 5.02 Å². The molecule has 2 heterocycles. The summed E-state index contributed by atoms with van der Waals surface area (Å²) >= 11 is 6.40. The van der Waals surface area contributed by atoms with Crippen molar-refractivity contribution >= 4 is 34.4 Å². The van der Waals surface area contributed by atoms with E-state index in [0.717, 1.165) is 10.9 Å². The second-order valence-corrected chi connectivity index (χ2v) is 6.64. The maximum atomic E-state index is 11.9. The predicted octanol–water partition coefficient (Wildman–Crippen LogP) is 4.78. The second-order valence-electron chi connectivity index (χ2n) is 6.23. The van der Waals surface area contributed by atoms with Crippen LogP contribution in [-0.2, 0) is 4.74 Å². The number of benzene rings is 2. The third-order valence-corrected chi connectivity index (χ3v) is 4.62. The molecule has 0 atom stereocenters. The minimum Gasteiger partial charge on any atom is -0.450 e. The number of nitrogens with one attached hydrogen (secondary N) is 2. The van der Waals surface area contributed by atoms with E-state index in [1.165, 1.54) is 0 Å². The van der Waals surface area contributed by atoms with E-state index in [-0.39, 0.29) is 18.1 Å². The number of anilines is 1. The van der Waals surface area contributed by atoms with Crippen LogP contribution in [0.15, 0.2) is 48.7 Å². The lowest BCUT2D eigenvalue weighted by molar-refractivity contribution is 0.168. The minimum atomic E-state index is -0.710. The molecule has 2 aromatic heterocycles. The summed E-state index contributed by atoms with van der Waals surface area (Å²) in [6.07, 6.45) is 0.945. The fourth-order valence-electron chi connectivity index (χ4n) is 3.01. The standard InChI is InChI=1S/C21H15ClN6O2/c1-2-30-21(29)27-20-16(10-23)25-19(18(26-20)12-6-4-3-5-7-12)13-8-14-11-24-28-17(14)15(22)9-13/h3-9,11H,2H2,1H3,(H,24,28)(H,26,27,29). The number of carbonyl (C=O) groups is 1. The molecule has 4 aromatic rings. The van der Waals surface area contributed by atoms with Crippen molar-refractivity contribution in [3.63, 3.8) is 0 Å². The number of carbonyl (C=O) groups excluding carboxylic acids is 1. The first-order valence-corrected chi connectivity index (χ1v) is 9.42. The van der Waals surface area contributed by atoms with E-state index < -0.39 is 6.09 Å². The molecule has 0 saturated heterocycles. The number of halogens is 1. The van der Waals surface area contributed by atoms with Gasteiger partial charge in [0.2, 0.25) is 0 Å². The van der Waals surface area contributed by atoms with Crippen LogP contribution in [0, 0.1) is 11.3 Å². The topological polar surface area (TPSA) is 117 Å². The summed E-state index contributed by atoms with van der Waals surface area (Å²) in [5.74, 6) is 0.0223. The van der Waals surface area contributed by atoms with Gasteiger partial charge in [-0.3, -0.25) is 10.4 Å². The Hall–Kier alpha value is -3.96. The van der Waals surface area contributed by atoms with Gasteiger partial charge < -0.3 is 4.74 Å². The number of hydrogen-bond acceptors (Lipinski definition) is 6. The Kier molecular flexibility index (Phi) is 5.28. The van der Waals surface area contributed by atoms with Gasteiger partial charge in [0.15, 0.2) is 11.5 Å². The summed E-state index contributed by atoms with van der Waals surface area (Å²) in [5.41, 5.74) is 3.04. The number of hydrogen-bond donors (Lipinski definition) is 2. The van der Waals surface area contributed by atoms with E-state index in [2.05, 4.69) is 25.5 Å². The van der Waals surface area contributed by atoms with Crippen LogP contribution in [0.5, 0.6) is 0 Å². The molecule has 0 fully saturated rings. The number of nitriles is 1. The van der Waals surface area contributed by atoms with Crippen LogP contribution in [0.1, 0.15) is 12.6 Å². The number of aromatic nitrogens is 4. The third-order valence-electron chi connectivity index (χ3n) is 4.32. The van der Waals surface area contributed by atoms with Crippen molar-refractivity contribution in [2.45, 2.75) is 6.92 Å². The molecule has 2 aromatic carbocycles. The average molecular weight is 419 g/mol. The molecular formula is C21H15ClN6O2. The van der Waals surface area contributed by atoms with Gasteiger partial charge in [-0.25, -0.2) is 14.8 Å². The molecule has 0 unspecified atom stereocenters. The van der Waals surface area contributed by atoms with Crippen LogP contribution < -0.4 is 5.32 Å². The number of fused-ring (bicyclic) bond motifs is 1. The van der Waals surface area contributed by atoms with Crippen LogP contribution >= 0.6 is 11.6 Å². The van der Waals surface area contributed by atoms with Crippen LogP contribution in [0.4, 0.5) is 10.6 Å². The summed E-state index contributed by atoms with van der Waals surface area (Å²) in [6, 6.07) is 14.9. The van der Waals surface area contributed by atoms with Crippen molar-refractivity contribution in [3.8, 4) is 28.6 Å². The van der Waals surface area contributed by atoms with E-state index in [4.69, 9.17) is 16.3 Å². The maximum absolute atomic E-state index is 11.9. The quantitative estimate of drug-likeness (QED) is 0.492. The number of ether oxygens (including phenoxy) is 1. The van der Waals surface area contributed by atoms with Gasteiger partial charge >= 0.3 is 6.09 Å². The molecule has 0 radical (unpaired) electrons. The Morgan fingerprint density at radius 3 is 2.70 bits per heavy atom. The smallest absolute Gasteiger partial charge is 0.412 e. The minimum absolute atomic E-state index is 0.0223. The zero-order valence-corrected chi connectivity index (χ0v) is 16.6. The lowest BCUT2D eigenvalue weighted by Crippen LogP contribution is -2.16. The third kappa shape index (κ3) is 3.66. The van der Waals surface area contributed by atoms with Gasteiger partial charge in [-0.05, 0) is 19.1 Å². The van der Waals surface area contributed by atoms with Crippen LogP contribution in [0.25, 0.3) is 33.4 Å². The molecule has 0 saturated carbocycles. The summed E-state index contributed by atoms with van der Waals surface area (Å²) in [7, 11) is 0. The molecule has 9 heteroatoms. The Bertz CT molecular complexity index is 1280. The summed E-state index contributed by atoms with van der Waals surface area (Å²) in [4.78, 5) is 21.0. The fourth-order valence-corrected chi connectivity index (χ4v) is 3.28. The van der Waals surface area contributed by atoms with Gasteiger partial charge in [-0.15, -0.1) is 0 Å². The zero-order valence-electron chi connectivity index (χ0n) is 15.8. The Morgan fingerprint density at radius 2 is 1.97 bits per heavy atom. The molecule has 1 amide bonds. The van der Waals surface area contributed by atoms with Crippen molar-refractivity contribution in [1.82, 2.24) is 20.2 Å². The van der Waals surface area contributed by atoms with Crippen LogP contribution in [0.3, 0.4) is 0 Å².